The van der Waals surface area contributed by atoms with Gasteiger partial charge in [-0.1, -0.05) is 30.3 Å². The number of amides is 1. The summed E-state index contributed by atoms with van der Waals surface area (Å²) in [6.07, 6.45) is -0.0833. The second-order valence-corrected chi connectivity index (χ2v) is 5.00. The maximum atomic E-state index is 12.7. The van der Waals surface area contributed by atoms with Crippen LogP contribution in [0.3, 0.4) is 0 Å². The number of ether oxygens (including phenoxy) is 1. The number of benzene rings is 2. The number of anilines is 1. The number of ketones is 1. The molecule has 24 heavy (non-hydrogen) atoms. The van der Waals surface area contributed by atoms with Crippen LogP contribution in [0.4, 0.5) is 10.1 Å². The van der Waals surface area contributed by atoms with Gasteiger partial charge in [0.2, 0.25) is 0 Å². The normalized spacial score (nSPS) is 10.0. The zero-order valence-corrected chi connectivity index (χ0v) is 12.8. The lowest BCUT2D eigenvalue weighted by Crippen LogP contribution is -2.21. The van der Waals surface area contributed by atoms with E-state index in [1.54, 1.807) is 30.3 Å². The van der Waals surface area contributed by atoms with Gasteiger partial charge in [-0.2, -0.15) is 0 Å². The van der Waals surface area contributed by atoms with Crippen molar-refractivity contribution in [1.82, 2.24) is 0 Å². The van der Waals surface area contributed by atoms with Crippen molar-refractivity contribution in [2.24, 2.45) is 0 Å². The van der Waals surface area contributed by atoms with Crippen LogP contribution in [0.1, 0.15) is 23.2 Å². The van der Waals surface area contributed by atoms with Gasteiger partial charge in [-0.25, -0.2) is 4.39 Å². The molecule has 2 aromatic carbocycles. The molecule has 0 aliphatic rings. The Balaban J connectivity index is 1.70. The minimum Gasteiger partial charge on any atom is -0.456 e. The summed E-state index contributed by atoms with van der Waals surface area (Å²) in [5, 5.41) is 2.47. The van der Waals surface area contributed by atoms with Crippen molar-refractivity contribution in [3.8, 4) is 0 Å². The number of hydrogen-bond acceptors (Lipinski definition) is 4. The number of esters is 1. The topological polar surface area (TPSA) is 72.5 Å². The average molecular weight is 329 g/mol. The number of halogens is 1. The molecule has 5 nitrogen and oxygen atoms in total. The lowest BCUT2D eigenvalue weighted by atomic mass is 10.1. The SMILES string of the molecule is O=C(COC(=O)CCC(=O)c1ccccc1)Nc1ccc(F)cc1. The van der Waals surface area contributed by atoms with Gasteiger partial charge < -0.3 is 10.1 Å². The highest BCUT2D eigenvalue weighted by molar-refractivity contribution is 5.97. The zero-order valence-electron chi connectivity index (χ0n) is 12.8. The number of carbonyl (C=O) groups is 3. The smallest absolute Gasteiger partial charge is 0.306 e. The van der Waals surface area contributed by atoms with Crippen LogP contribution >= 0.6 is 0 Å². The first-order chi connectivity index (χ1) is 11.5. The first-order valence-electron chi connectivity index (χ1n) is 7.34. The quantitative estimate of drug-likeness (QED) is 0.626. The van der Waals surface area contributed by atoms with Crippen molar-refractivity contribution in [2.75, 3.05) is 11.9 Å². The van der Waals surface area contributed by atoms with Crippen molar-refractivity contribution in [3.05, 3.63) is 66.0 Å². The standard InChI is InChI=1S/C18H16FNO4/c19-14-6-8-15(9-7-14)20-17(22)12-24-18(23)11-10-16(21)13-4-2-1-3-5-13/h1-9H,10-12H2,(H,20,22). The third-order valence-corrected chi connectivity index (χ3v) is 3.14. The predicted octanol–water partition coefficient (Wildman–Crippen LogP) is 2.97. The number of nitrogens with one attached hydrogen (secondary N) is 1. The monoisotopic (exact) mass is 329 g/mol. The van der Waals surface area contributed by atoms with Crippen LogP contribution in [-0.4, -0.2) is 24.3 Å². The minimum absolute atomic E-state index is 0.0163. The molecular weight excluding hydrogens is 313 g/mol. The van der Waals surface area contributed by atoms with Crippen LogP contribution in [0.5, 0.6) is 0 Å². The Kier molecular flexibility index (Phi) is 6.19. The molecule has 0 aliphatic carbocycles. The molecule has 0 heterocycles. The van der Waals surface area contributed by atoms with Crippen LogP contribution in [0, 0.1) is 5.82 Å². The second-order valence-electron chi connectivity index (χ2n) is 5.00. The van der Waals surface area contributed by atoms with Crippen molar-refractivity contribution < 1.29 is 23.5 Å². The van der Waals surface area contributed by atoms with E-state index < -0.39 is 24.3 Å². The Labute approximate surface area is 138 Å². The van der Waals surface area contributed by atoms with E-state index in [-0.39, 0.29) is 18.6 Å². The van der Waals surface area contributed by atoms with E-state index in [0.29, 0.717) is 11.3 Å². The van der Waals surface area contributed by atoms with E-state index in [1.165, 1.54) is 24.3 Å². The van der Waals surface area contributed by atoms with E-state index in [4.69, 9.17) is 4.74 Å². The van der Waals surface area contributed by atoms with Crippen molar-refractivity contribution in [1.29, 1.82) is 0 Å². The van der Waals surface area contributed by atoms with Crippen LogP contribution in [0.15, 0.2) is 54.6 Å². The number of Topliss-reactive ketones (excluding diaryl/α,β-unsaturated/α-hetero) is 1. The molecule has 2 rings (SSSR count). The number of hydrogen-bond donors (Lipinski definition) is 1. The molecule has 0 saturated carbocycles. The van der Waals surface area contributed by atoms with Gasteiger partial charge in [0, 0.05) is 17.7 Å². The molecule has 0 unspecified atom stereocenters. The van der Waals surface area contributed by atoms with Gasteiger partial charge in [0.1, 0.15) is 5.82 Å². The van der Waals surface area contributed by atoms with E-state index in [0.717, 1.165) is 0 Å². The lowest BCUT2D eigenvalue weighted by molar-refractivity contribution is -0.147. The van der Waals surface area contributed by atoms with Crippen molar-refractivity contribution >= 4 is 23.3 Å². The maximum absolute atomic E-state index is 12.7. The van der Waals surface area contributed by atoms with Crippen LogP contribution in [0.2, 0.25) is 0 Å². The van der Waals surface area contributed by atoms with Crippen molar-refractivity contribution in [3.63, 3.8) is 0 Å². The molecular formula is C18H16FNO4. The Bertz CT molecular complexity index is 714. The molecule has 1 amide bonds. The third-order valence-electron chi connectivity index (χ3n) is 3.14. The van der Waals surface area contributed by atoms with Gasteiger partial charge in [0.05, 0.1) is 6.42 Å². The van der Waals surface area contributed by atoms with E-state index in [1.807, 2.05) is 0 Å². The molecule has 0 radical (unpaired) electrons. The van der Waals surface area contributed by atoms with Crippen LogP contribution < -0.4 is 5.32 Å². The fourth-order valence-corrected chi connectivity index (χ4v) is 1.93. The average Bonchev–Trinajstić information content (AvgIpc) is 2.60. The first-order valence-corrected chi connectivity index (χ1v) is 7.34. The lowest BCUT2D eigenvalue weighted by Gasteiger charge is -2.06. The summed E-state index contributed by atoms with van der Waals surface area (Å²) < 4.78 is 17.5. The maximum Gasteiger partial charge on any atom is 0.306 e. The Hall–Kier alpha value is -3.02. The summed E-state index contributed by atoms with van der Waals surface area (Å²) in [4.78, 5) is 35.0. The zero-order chi connectivity index (χ0) is 17.4. The molecule has 124 valence electrons. The van der Waals surface area contributed by atoms with Crippen LogP contribution in [0.25, 0.3) is 0 Å². The number of rotatable bonds is 7. The van der Waals surface area contributed by atoms with E-state index in [9.17, 15) is 18.8 Å². The summed E-state index contributed by atoms with van der Waals surface area (Å²) >= 11 is 0. The molecule has 1 N–H and O–H groups in total. The summed E-state index contributed by atoms with van der Waals surface area (Å²) in [5.41, 5.74) is 0.927. The number of carbonyl (C=O) groups excluding carboxylic acids is 3. The van der Waals surface area contributed by atoms with Gasteiger partial charge in [-0.15, -0.1) is 0 Å². The van der Waals surface area contributed by atoms with E-state index in [2.05, 4.69) is 5.32 Å². The van der Waals surface area contributed by atoms with Crippen molar-refractivity contribution in [2.45, 2.75) is 12.8 Å². The van der Waals surface area contributed by atoms with Gasteiger partial charge in [-0.05, 0) is 24.3 Å². The van der Waals surface area contributed by atoms with Gasteiger partial charge in [-0.3, -0.25) is 14.4 Å². The first kappa shape index (κ1) is 17.3. The fraction of sp³-hybridized carbons (Fsp3) is 0.167. The largest absolute Gasteiger partial charge is 0.456 e. The molecule has 0 spiro atoms. The molecule has 0 aromatic heterocycles. The second kappa shape index (κ2) is 8.57. The minimum atomic E-state index is -0.631. The summed E-state index contributed by atoms with van der Waals surface area (Å²) in [7, 11) is 0. The molecule has 6 heteroatoms. The Morgan fingerprint density at radius 1 is 0.917 bits per heavy atom. The summed E-state index contributed by atoms with van der Waals surface area (Å²) in [5.74, 6) is -1.75. The third kappa shape index (κ3) is 5.64. The Morgan fingerprint density at radius 3 is 2.25 bits per heavy atom. The molecule has 0 aliphatic heterocycles. The fourth-order valence-electron chi connectivity index (χ4n) is 1.93. The molecule has 0 fully saturated rings. The highest BCUT2D eigenvalue weighted by Crippen LogP contribution is 2.08. The molecule has 0 atom stereocenters. The van der Waals surface area contributed by atoms with Gasteiger partial charge in [0.25, 0.3) is 5.91 Å². The summed E-state index contributed by atoms with van der Waals surface area (Å²) in [6, 6.07) is 13.8. The van der Waals surface area contributed by atoms with Crippen LogP contribution in [-0.2, 0) is 14.3 Å². The molecule has 0 bridgehead atoms. The van der Waals surface area contributed by atoms with Gasteiger partial charge >= 0.3 is 5.97 Å². The molecule has 2 aromatic rings. The summed E-state index contributed by atoms with van der Waals surface area (Å²) in [6.45, 7) is -0.463. The predicted molar refractivity (Wildman–Crippen MR) is 86.0 cm³/mol. The van der Waals surface area contributed by atoms with E-state index >= 15 is 0 Å². The van der Waals surface area contributed by atoms with Gasteiger partial charge in [0.15, 0.2) is 12.4 Å². The highest BCUT2D eigenvalue weighted by atomic mass is 19.1. The highest BCUT2D eigenvalue weighted by Gasteiger charge is 2.11. The Morgan fingerprint density at radius 2 is 1.58 bits per heavy atom. The molecule has 0 saturated heterocycles.